The van der Waals surface area contributed by atoms with E-state index in [0.717, 1.165) is 28.4 Å². The van der Waals surface area contributed by atoms with Crippen LogP contribution >= 0.6 is 11.3 Å². The second-order valence-corrected chi connectivity index (χ2v) is 8.76. The van der Waals surface area contributed by atoms with Crippen molar-refractivity contribution < 1.29 is 12.9 Å². The maximum absolute atomic E-state index is 12.6. The standard InChI is InChI=1S/C16H18N4O3S2/c1-10-15(11(2)23-18-10)25(21,22)19-12-5-6-13-14(9-12)24-16(17-13)20-7-3-4-8-20/h5-6,9,19H,3-4,7-8H2,1-2H3. The minimum atomic E-state index is -3.74. The molecule has 132 valence electrons. The Morgan fingerprint density at radius 3 is 2.68 bits per heavy atom. The van der Waals surface area contributed by atoms with Gasteiger partial charge in [0.25, 0.3) is 10.0 Å². The van der Waals surface area contributed by atoms with Crippen molar-refractivity contribution in [1.82, 2.24) is 10.1 Å². The van der Waals surface area contributed by atoms with Crippen molar-refractivity contribution >= 4 is 42.4 Å². The highest BCUT2D eigenvalue weighted by Crippen LogP contribution is 2.33. The number of anilines is 2. The number of aromatic nitrogens is 2. The van der Waals surface area contributed by atoms with E-state index < -0.39 is 10.0 Å². The van der Waals surface area contributed by atoms with Crippen LogP contribution in [0.25, 0.3) is 10.2 Å². The molecule has 1 fully saturated rings. The van der Waals surface area contributed by atoms with E-state index in [-0.39, 0.29) is 10.7 Å². The van der Waals surface area contributed by atoms with Gasteiger partial charge in [-0.1, -0.05) is 16.5 Å². The number of rotatable bonds is 4. The Bertz CT molecular complexity index is 1010. The number of nitrogens with zero attached hydrogens (tertiary/aromatic N) is 3. The molecule has 7 nitrogen and oxygen atoms in total. The van der Waals surface area contributed by atoms with Crippen LogP contribution in [0.4, 0.5) is 10.8 Å². The van der Waals surface area contributed by atoms with Crippen LogP contribution in [-0.2, 0) is 10.0 Å². The SMILES string of the molecule is Cc1noc(C)c1S(=O)(=O)Nc1ccc2nc(N3CCCC3)sc2c1. The van der Waals surface area contributed by atoms with Gasteiger partial charge in [0, 0.05) is 13.1 Å². The minimum Gasteiger partial charge on any atom is -0.360 e. The third-order valence-corrected chi connectivity index (χ3v) is 6.95. The van der Waals surface area contributed by atoms with Crippen molar-refractivity contribution in [3.05, 3.63) is 29.7 Å². The van der Waals surface area contributed by atoms with Crippen LogP contribution in [0.5, 0.6) is 0 Å². The summed E-state index contributed by atoms with van der Waals surface area (Å²) in [7, 11) is -3.74. The fraction of sp³-hybridized carbons (Fsp3) is 0.375. The van der Waals surface area contributed by atoms with E-state index in [1.807, 2.05) is 12.1 Å². The molecule has 3 heterocycles. The summed E-state index contributed by atoms with van der Waals surface area (Å²) in [5, 5.41) is 4.71. The van der Waals surface area contributed by atoms with E-state index in [9.17, 15) is 8.42 Å². The predicted octanol–water partition coefficient (Wildman–Crippen LogP) is 3.30. The second-order valence-electron chi connectivity index (χ2n) is 6.13. The number of nitrogens with one attached hydrogen (secondary N) is 1. The molecule has 1 saturated heterocycles. The Kier molecular flexibility index (Phi) is 3.92. The van der Waals surface area contributed by atoms with Crippen molar-refractivity contribution in [2.24, 2.45) is 0 Å². The number of benzene rings is 1. The maximum atomic E-state index is 12.6. The van der Waals surface area contributed by atoms with Gasteiger partial charge in [-0.05, 0) is 44.9 Å². The van der Waals surface area contributed by atoms with Crippen molar-refractivity contribution in [1.29, 1.82) is 0 Å². The van der Waals surface area contributed by atoms with Crippen LogP contribution < -0.4 is 9.62 Å². The van der Waals surface area contributed by atoms with Gasteiger partial charge in [0.15, 0.2) is 15.8 Å². The topological polar surface area (TPSA) is 88.3 Å². The summed E-state index contributed by atoms with van der Waals surface area (Å²) in [5.74, 6) is 0.278. The summed E-state index contributed by atoms with van der Waals surface area (Å²) in [6.45, 7) is 5.26. The third kappa shape index (κ3) is 2.98. The number of aryl methyl sites for hydroxylation is 2. The molecule has 0 saturated carbocycles. The Balaban J connectivity index is 1.65. The molecule has 1 aliphatic rings. The van der Waals surface area contributed by atoms with E-state index in [0.29, 0.717) is 11.4 Å². The van der Waals surface area contributed by atoms with Gasteiger partial charge < -0.3 is 9.42 Å². The average Bonchev–Trinajstić information content (AvgIpc) is 3.26. The fourth-order valence-corrected chi connectivity index (χ4v) is 5.52. The highest BCUT2D eigenvalue weighted by atomic mass is 32.2. The lowest BCUT2D eigenvalue weighted by atomic mass is 10.3. The molecule has 0 amide bonds. The lowest BCUT2D eigenvalue weighted by Crippen LogP contribution is -2.16. The molecule has 0 radical (unpaired) electrons. The van der Waals surface area contributed by atoms with Gasteiger partial charge in [-0.2, -0.15) is 0 Å². The number of sulfonamides is 1. The molecule has 1 aliphatic heterocycles. The van der Waals surface area contributed by atoms with Gasteiger partial charge in [0.1, 0.15) is 5.69 Å². The highest BCUT2D eigenvalue weighted by Gasteiger charge is 2.24. The predicted molar refractivity (Wildman–Crippen MR) is 97.9 cm³/mol. The van der Waals surface area contributed by atoms with Crippen LogP contribution in [0.2, 0.25) is 0 Å². The smallest absolute Gasteiger partial charge is 0.267 e. The first-order chi connectivity index (χ1) is 11.9. The molecule has 4 rings (SSSR count). The lowest BCUT2D eigenvalue weighted by Gasteiger charge is -2.11. The fourth-order valence-electron chi connectivity index (χ4n) is 3.08. The molecule has 0 atom stereocenters. The summed E-state index contributed by atoms with van der Waals surface area (Å²) in [5.41, 5.74) is 1.73. The van der Waals surface area contributed by atoms with Crippen LogP contribution in [0.3, 0.4) is 0 Å². The van der Waals surface area contributed by atoms with Crippen LogP contribution in [0.15, 0.2) is 27.6 Å². The zero-order chi connectivity index (χ0) is 17.6. The molecule has 0 aliphatic carbocycles. The normalized spacial score (nSPS) is 15.2. The van der Waals surface area contributed by atoms with E-state index in [1.165, 1.54) is 12.8 Å². The molecular formula is C16H18N4O3S2. The Morgan fingerprint density at radius 2 is 2.00 bits per heavy atom. The molecule has 9 heteroatoms. The Morgan fingerprint density at radius 1 is 1.24 bits per heavy atom. The van der Waals surface area contributed by atoms with Gasteiger partial charge >= 0.3 is 0 Å². The van der Waals surface area contributed by atoms with Gasteiger partial charge in [-0.25, -0.2) is 13.4 Å². The van der Waals surface area contributed by atoms with E-state index in [2.05, 4.69) is 19.8 Å². The zero-order valence-corrected chi connectivity index (χ0v) is 15.6. The Hall–Kier alpha value is -2.13. The van der Waals surface area contributed by atoms with Crippen LogP contribution in [-0.4, -0.2) is 31.6 Å². The van der Waals surface area contributed by atoms with Gasteiger partial charge in [-0.3, -0.25) is 4.72 Å². The molecule has 3 aromatic rings. The van der Waals surface area contributed by atoms with Gasteiger partial charge in [0.05, 0.1) is 15.9 Å². The molecular weight excluding hydrogens is 360 g/mol. The molecule has 1 N–H and O–H groups in total. The maximum Gasteiger partial charge on any atom is 0.267 e. The first kappa shape index (κ1) is 16.3. The second kappa shape index (κ2) is 5.99. The first-order valence-corrected chi connectivity index (χ1v) is 10.4. The molecule has 0 bridgehead atoms. The van der Waals surface area contributed by atoms with Crippen LogP contribution in [0, 0.1) is 13.8 Å². The van der Waals surface area contributed by atoms with Crippen LogP contribution in [0.1, 0.15) is 24.3 Å². The quantitative estimate of drug-likeness (QED) is 0.749. The number of hydrogen-bond donors (Lipinski definition) is 1. The average molecular weight is 378 g/mol. The van der Waals surface area contributed by atoms with Gasteiger partial charge in [-0.15, -0.1) is 0 Å². The van der Waals surface area contributed by atoms with Gasteiger partial charge in [0.2, 0.25) is 0 Å². The summed E-state index contributed by atoms with van der Waals surface area (Å²) < 4.78 is 33.8. The molecule has 0 unspecified atom stereocenters. The molecule has 2 aromatic heterocycles. The first-order valence-electron chi connectivity index (χ1n) is 8.05. The molecule has 25 heavy (non-hydrogen) atoms. The number of fused-ring (bicyclic) bond motifs is 1. The summed E-state index contributed by atoms with van der Waals surface area (Å²) >= 11 is 1.59. The molecule has 1 aromatic carbocycles. The summed E-state index contributed by atoms with van der Waals surface area (Å²) in [6, 6.07) is 5.39. The van der Waals surface area contributed by atoms with Crippen molar-refractivity contribution in [3.8, 4) is 0 Å². The number of hydrogen-bond acceptors (Lipinski definition) is 7. The largest absolute Gasteiger partial charge is 0.360 e. The van der Waals surface area contributed by atoms with E-state index >= 15 is 0 Å². The highest BCUT2D eigenvalue weighted by molar-refractivity contribution is 7.92. The summed E-state index contributed by atoms with van der Waals surface area (Å²) in [6.07, 6.45) is 2.39. The van der Waals surface area contributed by atoms with E-state index in [4.69, 9.17) is 4.52 Å². The Labute approximate surface area is 149 Å². The zero-order valence-electron chi connectivity index (χ0n) is 13.9. The van der Waals surface area contributed by atoms with E-state index in [1.54, 1.807) is 31.3 Å². The van der Waals surface area contributed by atoms with Crippen molar-refractivity contribution in [2.45, 2.75) is 31.6 Å². The molecule has 0 spiro atoms. The van der Waals surface area contributed by atoms with Crippen molar-refractivity contribution in [3.63, 3.8) is 0 Å². The van der Waals surface area contributed by atoms with Crippen molar-refractivity contribution in [2.75, 3.05) is 22.7 Å². The minimum absolute atomic E-state index is 0.0923. The lowest BCUT2D eigenvalue weighted by molar-refractivity contribution is 0.390. The third-order valence-electron chi connectivity index (χ3n) is 4.24. The number of thiazole rings is 1. The summed E-state index contributed by atoms with van der Waals surface area (Å²) in [4.78, 5) is 7.02. The monoisotopic (exact) mass is 378 g/mol.